The van der Waals surface area contributed by atoms with Gasteiger partial charge in [0, 0.05) is 64.8 Å². The maximum Gasteiger partial charge on any atom is 0.0653 e. The molecule has 2 unspecified atom stereocenters. The number of hydrogen-bond donors (Lipinski definition) is 2. The van der Waals surface area contributed by atoms with Crippen molar-refractivity contribution in [2.45, 2.75) is 75.4 Å². The van der Waals surface area contributed by atoms with Crippen LogP contribution in [0, 0.1) is 6.92 Å². The van der Waals surface area contributed by atoms with Gasteiger partial charge >= 0.3 is 0 Å². The number of piperazine rings is 1. The fraction of sp³-hybridized carbons (Fsp3) is 0.424. The highest BCUT2D eigenvalue weighted by Crippen LogP contribution is 2.38. The number of thiol groups is 1. The smallest absolute Gasteiger partial charge is 0.0653 e. The zero-order valence-corrected chi connectivity index (χ0v) is 23.3. The van der Waals surface area contributed by atoms with Crippen molar-refractivity contribution in [3.05, 3.63) is 93.8 Å². The monoisotopic (exact) mass is 522 g/mol. The maximum absolute atomic E-state index is 5.35. The highest BCUT2D eigenvalue weighted by molar-refractivity contribution is 7.80. The van der Waals surface area contributed by atoms with Crippen molar-refractivity contribution in [1.29, 1.82) is 0 Å². The van der Waals surface area contributed by atoms with Crippen molar-refractivity contribution in [2.24, 2.45) is 0 Å². The minimum atomic E-state index is 0.632. The van der Waals surface area contributed by atoms with Gasteiger partial charge in [0.15, 0.2) is 0 Å². The van der Waals surface area contributed by atoms with Gasteiger partial charge in [0.25, 0.3) is 0 Å². The second kappa shape index (κ2) is 10.1. The van der Waals surface area contributed by atoms with Crippen LogP contribution in [0.25, 0.3) is 5.70 Å². The first-order valence-corrected chi connectivity index (χ1v) is 14.9. The summed E-state index contributed by atoms with van der Waals surface area (Å²) in [6.07, 6.45) is 10.4. The van der Waals surface area contributed by atoms with E-state index in [-0.39, 0.29) is 0 Å². The SMILES string of the molecule is Cc1cccc2c1C(N1CCc3c(N4CC5CCC(C4)N5)cc(CCc4ccc(S)cc4)nc3C1)=CCC2. The molecule has 7 rings (SSSR count). The standard InChI is InChI=1S/C33H38N4S/c1-22-4-2-5-24-6-3-7-31(33(22)24)36-17-16-29-30(21-36)35-25(11-8-23-9-14-28(38)15-10-23)18-32(29)37-19-26-12-13-27(20-37)34-26/h2,4-5,7,9-10,14-15,18,26-27,34,38H,3,6,8,11-13,16-17,19-21H2,1H3. The summed E-state index contributed by atoms with van der Waals surface area (Å²) in [4.78, 5) is 11.7. The van der Waals surface area contributed by atoms with E-state index in [1.807, 2.05) is 0 Å². The molecule has 4 nitrogen and oxygen atoms in total. The number of aryl methyl sites for hydroxylation is 4. The Hall–Kier alpha value is -2.76. The van der Waals surface area contributed by atoms with Crippen LogP contribution in [-0.2, 0) is 32.2 Å². The number of aromatic nitrogens is 1. The highest BCUT2D eigenvalue weighted by Gasteiger charge is 2.34. The number of hydrogen-bond acceptors (Lipinski definition) is 5. The molecule has 3 aliphatic heterocycles. The summed E-state index contributed by atoms with van der Waals surface area (Å²) in [6, 6.07) is 19.1. The van der Waals surface area contributed by atoms with Crippen molar-refractivity contribution >= 4 is 24.0 Å². The molecule has 0 radical (unpaired) electrons. The van der Waals surface area contributed by atoms with Gasteiger partial charge in [-0.2, -0.15) is 0 Å². The van der Waals surface area contributed by atoms with E-state index in [0.29, 0.717) is 12.1 Å². The number of fused-ring (bicyclic) bond motifs is 4. The first-order chi connectivity index (χ1) is 18.6. The summed E-state index contributed by atoms with van der Waals surface area (Å²) >= 11 is 4.46. The molecule has 196 valence electrons. The molecule has 5 heteroatoms. The molecule has 2 fully saturated rings. The van der Waals surface area contributed by atoms with Gasteiger partial charge in [-0.05, 0) is 86.8 Å². The largest absolute Gasteiger partial charge is 0.368 e. The number of nitrogens with zero attached hydrogens (tertiary/aromatic N) is 3. The van der Waals surface area contributed by atoms with Crippen LogP contribution in [0.2, 0.25) is 0 Å². The molecule has 1 aliphatic carbocycles. The molecule has 0 saturated carbocycles. The van der Waals surface area contributed by atoms with E-state index >= 15 is 0 Å². The fourth-order valence-electron chi connectivity index (χ4n) is 7.18. The number of nitrogens with one attached hydrogen (secondary N) is 1. The Balaban J connectivity index is 1.21. The quantitative estimate of drug-likeness (QED) is 0.418. The number of benzene rings is 2. The predicted octanol–water partition coefficient (Wildman–Crippen LogP) is 5.75. The second-order valence-electron chi connectivity index (χ2n) is 11.7. The third-order valence-electron chi connectivity index (χ3n) is 9.08. The van der Waals surface area contributed by atoms with Gasteiger partial charge < -0.3 is 15.1 Å². The molecule has 1 aromatic heterocycles. The first kappa shape index (κ1) is 24.3. The van der Waals surface area contributed by atoms with Crippen LogP contribution in [0.15, 0.2) is 59.5 Å². The van der Waals surface area contributed by atoms with Gasteiger partial charge in [0.1, 0.15) is 0 Å². The van der Waals surface area contributed by atoms with E-state index in [4.69, 9.17) is 4.98 Å². The van der Waals surface area contributed by atoms with E-state index in [1.54, 1.807) is 0 Å². The average molecular weight is 523 g/mol. The van der Waals surface area contributed by atoms with Crippen molar-refractivity contribution in [3.8, 4) is 0 Å². The Labute approximate surface area is 232 Å². The lowest BCUT2D eigenvalue weighted by Gasteiger charge is -2.39. The minimum Gasteiger partial charge on any atom is -0.368 e. The molecule has 2 bridgehead atoms. The Bertz CT molecular complexity index is 1370. The molecule has 2 aromatic carbocycles. The second-order valence-corrected chi connectivity index (χ2v) is 12.2. The molecule has 1 N–H and O–H groups in total. The van der Waals surface area contributed by atoms with Gasteiger partial charge in [0.2, 0.25) is 0 Å². The third kappa shape index (κ3) is 4.65. The number of rotatable bonds is 5. The molecule has 2 atom stereocenters. The highest BCUT2D eigenvalue weighted by atomic mass is 32.1. The molecular formula is C33H38N4S. The van der Waals surface area contributed by atoms with E-state index in [1.165, 1.54) is 63.4 Å². The molecule has 38 heavy (non-hydrogen) atoms. The normalized spacial score (nSPS) is 22.2. The van der Waals surface area contributed by atoms with Crippen LogP contribution in [0.5, 0.6) is 0 Å². The van der Waals surface area contributed by atoms with Crippen molar-refractivity contribution in [2.75, 3.05) is 24.5 Å². The van der Waals surface area contributed by atoms with Gasteiger partial charge in [-0.3, -0.25) is 4.98 Å². The molecule has 3 aromatic rings. The molecular weight excluding hydrogens is 484 g/mol. The van der Waals surface area contributed by atoms with Crippen molar-refractivity contribution in [3.63, 3.8) is 0 Å². The van der Waals surface area contributed by atoms with Crippen molar-refractivity contribution in [1.82, 2.24) is 15.2 Å². The van der Waals surface area contributed by atoms with Gasteiger partial charge in [0.05, 0.1) is 12.2 Å². The summed E-state index contributed by atoms with van der Waals surface area (Å²) in [5.41, 5.74) is 12.6. The van der Waals surface area contributed by atoms with Crippen LogP contribution in [-0.4, -0.2) is 41.6 Å². The third-order valence-corrected chi connectivity index (χ3v) is 9.38. The van der Waals surface area contributed by atoms with Gasteiger partial charge in [-0.25, -0.2) is 0 Å². The first-order valence-electron chi connectivity index (χ1n) is 14.5. The van der Waals surface area contributed by atoms with Gasteiger partial charge in [-0.15, -0.1) is 12.6 Å². The summed E-state index contributed by atoms with van der Waals surface area (Å²) in [7, 11) is 0. The minimum absolute atomic E-state index is 0.632. The van der Waals surface area contributed by atoms with Crippen LogP contribution in [0.3, 0.4) is 0 Å². The zero-order chi connectivity index (χ0) is 25.6. The molecule has 2 saturated heterocycles. The molecule has 4 aliphatic rings. The zero-order valence-electron chi connectivity index (χ0n) is 22.4. The van der Waals surface area contributed by atoms with E-state index < -0.39 is 0 Å². The number of allylic oxidation sites excluding steroid dienone is 1. The topological polar surface area (TPSA) is 31.4 Å². The van der Waals surface area contributed by atoms with E-state index in [9.17, 15) is 0 Å². The summed E-state index contributed by atoms with van der Waals surface area (Å²) < 4.78 is 0. The molecule has 0 amide bonds. The Morgan fingerprint density at radius 1 is 0.974 bits per heavy atom. The number of pyridine rings is 1. The summed E-state index contributed by atoms with van der Waals surface area (Å²) in [5, 5.41) is 3.82. The lowest BCUT2D eigenvalue weighted by Crippen LogP contribution is -2.51. The number of anilines is 1. The maximum atomic E-state index is 5.35. The van der Waals surface area contributed by atoms with Gasteiger partial charge in [-0.1, -0.05) is 36.4 Å². The van der Waals surface area contributed by atoms with Crippen LogP contribution in [0.1, 0.15) is 58.5 Å². The predicted molar refractivity (Wildman–Crippen MR) is 159 cm³/mol. The van der Waals surface area contributed by atoms with Crippen molar-refractivity contribution < 1.29 is 0 Å². The molecule has 4 heterocycles. The Kier molecular flexibility index (Phi) is 6.45. The lowest BCUT2D eigenvalue weighted by molar-refractivity contribution is 0.362. The van der Waals surface area contributed by atoms with E-state index in [2.05, 4.69) is 89.3 Å². The average Bonchev–Trinajstić information content (AvgIpc) is 3.28. The van der Waals surface area contributed by atoms with Crippen LogP contribution >= 0.6 is 12.6 Å². The van der Waals surface area contributed by atoms with Crippen LogP contribution in [0.4, 0.5) is 5.69 Å². The Morgan fingerprint density at radius 2 is 1.79 bits per heavy atom. The molecule has 0 spiro atoms. The summed E-state index contributed by atoms with van der Waals surface area (Å²) in [5.74, 6) is 0. The lowest BCUT2D eigenvalue weighted by atomic mass is 9.89. The van der Waals surface area contributed by atoms with Crippen LogP contribution < -0.4 is 10.2 Å². The Morgan fingerprint density at radius 3 is 2.61 bits per heavy atom. The fourth-order valence-corrected chi connectivity index (χ4v) is 7.33. The summed E-state index contributed by atoms with van der Waals surface area (Å²) in [6.45, 7) is 6.48. The van der Waals surface area contributed by atoms with E-state index in [0.717, 1.165) is 63.2 Å².